The van der Waals surface area contributed by atoms with Crippen molar-refractivity contribution >= 4 is 11.8 Å². The predicted octanol–water partition coefficient (Wildman–Crippen LogP) is -1.96. The smallest absolute Gasteiger partial charge is 0.235 e. The second kappa shape index (κ2) is 6.38. The monoisotopic (exact) mass is 188 g/mol. The lowest BCUT2D eigenvalue weighted by Crippen LogP contribution is -2.37. The largest absolute Gasteiger partial charge is 0.358 e. The van der Waals surface area contributed by atoms with Crippen molar-refractivity contribution in [1.29, 1.82) is 0 Å². The Hall–Kier alpha value is -1.14. The molecule has 0 aromatic rings. The number of likely N-dealkylation sites (N-methyl/N-ethyl adjacent to an activating group) is 2. The van der Waals surface area contributed by atoms with Crippen LogP contribution in [0.1, 0.15) is 6.42 Å². The predicted molar refractivity (Wildman–Crippen MR) is 48.5 cm³/mol. The van der Waals surface area contributed by atoms with Gasteiger partial charge in [-0.1, -0.05) is 0 Å². The molecule has 0 aromatic carbocycles. The number of carbonyl (C=O) groups excluding carboxylic acids is 2. The fourth-order valence-electron chi connectivity index (χ4n) is 0.768. The number of hydrogen-bond donors (Lipinski definition) is 3. The number of carbonyl (C=O) groups is 2. The Kier molecular flexibility index (Phi) is 5.82. The van der Waals surface area contributed by atoms with Gasteiger partial charge in [0.2, 0.25) is 11.8 Å². The Morgan fingerprint density at radius 2 is 2.00 bits per heavy atom. The zero-order chi connectivity index (χ0) is 10.3. The summed E-state index contributed by atoms with van der Waals surface area (Å²) in [5.41, 5.74) is 2.02. The van der Waals surface area contributed by atoms with E-state index in [0.29, 0.717) is 13.0 Å². The number of nitrogens with one attached hydrogen (secondary N) is 2. The molecule has 0 saturated heterocycles. The van der Waals surface area contributed by atoms with Crippen molar-refractivity contribution in [3.8, 4) is 0 Å². The van der Waals surface area contributed by atoms with E-state index < -0.39 is 0 Å². The van der Waals surface area contributed by atoms with Crippen LogP contribution in [0, 0.1) is 0 Å². The second-order valence-corrected chi connectivity index (χ2v) is 2.73. The van der Waals surface area contributed by atoms with E-state index in [0.717, 1.165) is 0 Å². The van der Waals surface area contributed by atoms with Crippen molar-refractivity contribution in [3.63, 3.8) is 0 Å². The van der Waals surface area contributed by atoms with Crippen LogP contribution in [0.3, 0.4) is 0 Å². The first-order valence-electron chi connectivity index (χ1n) is 3.98. The van der Waals surface area contributed by atoms with Gasteiger partial charge in [0, 0.05) is 20.0 Å². The van der Waals surface area contributed by atoms with Gasteiger partial charge in [0.05, 0.1) is 6.54 Å². The molecule has 76 valence electrons. The maximum atomic E-state index is 10.9. The molecule has 0 spiro atoms. The van der Waals surface area contributed by atoms with Crippen LogP contribution < -0.4 is 16.6 Å². The Morgan fingerprint density at radius 1 is 1.38 bits per heavy atom. The third kappa shape index (κ3) is 6.06. The summed E-state index contributed by atoms with van der Waals surface area (Å²) in [6.45, 7) is 0.796. The fraction of sp³-hybridized carbons (Fsp3) is 0.714. The molecule has 0 rings (SSSR count). The topological polar surface area (TPSA) is 87.5 Å². The molecule has 13 heavy (non-hydrogen) atoms. The van der Waals surface area contributed by atoms with Gasteiger partial charge in [-0.3, -0.25) is 19.9 Å². The van der Waals surface area contributed by atoms with Crippen LogP contribution in [0.4, 0.5) is 0 Å². The molecule has 0 aliphatic carbocycles. The van der Waals surface area contributed by atoms with Crippen molar-refractivity contribution in [2.24, 2.45) is 5.84 Å². The summed E-state index contributed by atoms with van der Waals surface area (Å²) in [6, 6.07) is 0. The van der Waals surface area contributed by atoms with Gasteiger partial charge in [0.1, 0.15) is 0 Å². The van der Waals surface area contributed by atoms with Gasteiger partial charge < -0.3 is 5.32 Å². The maximum Gasteiger partial charge on any atom is 0.235 e. The highest BCUT2D eigenvalue weighted by Crippen LogP contribution is 1.86. The molecular formula is C7H16N4O2. The Morgan fingerprint density at radius 3 is 2.46 bits per heavy atom. The van der Waals surface area contributed by atoms with Crippen LogP contribution in [0.25, 0.3) is 0 Å². The average Bonchev–Trinajstić information content (AvgIpc) is 2.13. The SMILES string of the molecule is CNC(=O)CN(C)CCC(=O)NN. The van der Waals surface area contributed by atoms with Crippen LogP contribution in [-0.2, 0) is 9.59 Å². The van der Waals surface area contributed by atoms with Crippen LogP contribution in [0.15, 0.2) is 0 Å². The zero-order valence-corrected chi connectivity index (χ0v) is 7.96. The van der Waals surface area contributed by atoms with Gasteiger partial charge in [-0.15, -0.1) is 0 Å². The second-order valence-electron chi connectivity index (χ2n) is 2.73. The molecule has 0 aromatic heterocycles. The molecule has 0 radical (unpaired) electrons. The third-order valence-corrected chi connectivity index (χ3v) is 1.57. The van der Waals surface area contributed by atoms with E-state index in [9.17, 15) is 9.59 Å². The van der Waals surface area contributed by atoms with E-state index in [1.807, 2.05) is 5.43 Å². The Balaban J connectivity index is 3.56. The third-order valence-electron chi connectivity index (χ3n) is 1.57. The molecule has 0 bridgehead atoms. The van der Waals surface area contributed by atoms with E-state index in [2.05, 4.69) is 5.32 Å². The van der Waals surface area contributed by atoms with E-state index in [1.54, 1.807) is 19.0 Å². The van der Waals surface area contributed by atoms with Crippen molar-refractivity contribution in [2.75, 3.05) is 27.2 Å². The molecule has 6 heteroatoms. The summed E-state index contributed by atoms with van der Waals surface area (Å²) in [4.78, 5) is 23.3. The first kappa shape index (κ1) is 11.9. The molecule has 0 heterocycles. The van der Waals surface area contributed by atoms with Crippen molar-refractivity contribution in [2.45, 2.75) is 6.42 Å². The fourth-order valence-corrected chi connectivity index (χ4v) is 0.768. The van der Waals surface area contributed by atoms with Gasteiger partial charge in [-0.25, -0.2) is 5.84 Å². The number of hydrazine groups is 1. The summed E-state index contributed by atoms with van der Waals surface area (Å²) in [5, 5.41) is 2.49. The van der Waals surface area contributed by atoms with E-state index in [4.69, 9.17) is 5.84 Å². The van der Waals surface area contributed by atoms with Crippen LogP contribution in [0.5, 0.6) is 0 Å². The highest BCUT2D eigenvalue weighted by molar-refractivity contribution is 5.78. The van der Waals surface area contributed by atoms with Crippen LogP contribution in [-0.4, -0.2) is 43.9 Å². The molecule has 0 unspecified atom stereocenters. The van der Waals surface area contributed by atoms with Gasteiger partial charge in [0.25, 0.3) is 0 Å². The average molecular weight is 188 g/mol. The highest BCUT2D eigenvalue weighted by Gasteiger charge is 2.06. The van der Waals surface area contributed by atoms with Gasteiger partial charge >= 0.3 is 0 Å². The van der Waals surface area contributed by atoms with Gasteiger partial charge in [-0.2, -0.15) is 0 Å². The standard InChI is InChI=1S/C7H16N4O2/c1-9-7(13)5-11(2)4-3-6(12)10-8/h3-5,8H2,1-2H3,(H,9,13)(H,10,12). The molecule has 2 amide bonds. The number of amides is 2. The van der Waals surface area contributed by atoms with E-state index in [1.165, 1.54) is 0 Å². The molecule has 0 aliphatic rings. The Bertz CT molecular complexity index is 183. The molecule has 0 atom stereocenters. The quantitative estimate of drug-likeness (QED) is 0.266. The minimum atomic E-state index is -0.233. The first-order chi connectivity index (χ1) is 6.10. The summed E-state index contributed by atoms with van der Waals surface area (Å²) in [7, 11) is 3.34. The number of rotatable bonds is 5. The summed E-state index contributed by atoms with van der Waals surface area (Å²) < 4.78 is 0. The summed E-state index contributed by atoms with van der Waals surface area (Å²) in [6.07, 6.45) is 0.296. The first-order valence-corrected chi connectivity index (χ1v) is 3.98. The van der Waals surface area contributed by atoms with Crippen molar-refractivity contribution < 1.29 is 9.59 Å². The Labute approximate surface area is 77.4 Å². The van der Waals surface area contributed by atoms with E-state index >= 15 is 0 Å². The van der Waals surface area contributed by atoms with E-state index in [-0.39, 0.29) is 18.4 Å². The maximum absolute atomic E-state index is 10.9. The summed E-state index contributed by atoms with van der Waals surface area (Å²) in [5.74, 6) is 4.58. The molecule has 6 nitrogen and oxygen atoms in total. The minimum absolute atomic E-state index is 0.0735. The normalized spacial score (nSPS) is 9.85. The van der Waals surface area contributed by atoms with Crippen LogP contribution in [0.2, 0.25) is 0 Å². The van der Waals surface area contributed by atoms with Crippen LogP contribution >= 0.6 is 0 Å². The molecule has 0 fully saturated rings. The molecular weight excluding hydrogens is 172 g/mol. The van der Waals surface area contributed by atoms with Gasteiger partial charge in [0.15, 0.2) is 0 Å². The number of nitrogens with two attached hydrogens (primary N) is 1. The molecule has 4 N–H and O–H groups in total. The summed E-state index contributed by atoms with van der Waals surface area (Å²) >= 11 is 0. The van der Waals surface area contributed by atoms with Gasteiger partial charge in [-0.05, 0) is 7.05 Å². The highest BCUT2D eigenvalue weighted by atomic mass is 16.2. The van der Waals surface area contributed by atoms with Crippen molar-refractivity contribution in [1.82, 2.24) is 15.6 Å². The lowest BCUT2D eigenvalue weighted by molar-refractivity contribution is -0.123. The van der Waals surface area contributed by atoms with Crippen molar-refractivity contribution in [3.05, 3.63) is 0 Å². The number of hydrogen-bond acceptors (Lipinski definition) is 4. The minimum Gasteiger partial charge on any atom is -0.358 e. The molecule has 0 aliphatic heterocycles. The lowest BCUT2D eigenvalue weighted by Gasteiger charge is -2.14. The zero-order valence-electron chi connectivity index (χ0n) is 7.96. The lowest BCUT2D eigenvalue weighted by atomic mass is 10.3. The number of nitrogens with zero attached hydrogens (tertiary/aromatic N) is 1. The molecule has 0 saturated carbocycles.